The van der Waals surface area contributed by atoms with Gasteiger partial charge >= 0.3 is 0 Å². The molecular formula is C55H44N4OPt-2. The molecule has 0 fully saturated rings. The third-order valence-electron chi connectivity index (χ3n) is 10.8. The zero-order chi connectivity index (χ0) is 49.7. The van der Waals surface area contributed by atoms with Crippen molar-refractivity contribution in [3.05, 3.63) is 199 Å². The van der Waals surface area contributed by atoms with E-state index in [9.17, 15) is 0 Å². The van der Waals surface area contributed by atoms with Gasteiger partial charge in [-0.1, -0.05) is 149 Å². The second-order valence-electron chi connectivity index (χ2n) is 16.0. The number of rotatable bonds is 8. The standard InChI is InChI=1S/C55H44N4O.Pt/c1-37(2)40-26-29-50-52(32-40)58(54-45(38-16-8-6-9-17-38)23-15-24-46(54)39-18-10-7-11-19-39)36-57(50)42-20-14-21-43(34-42)60-44-27-28-48-47-22-12-13-25-49(47)59(51(48)35-44)53-33-41(30-31-56-53)55(3,4)5;/h6-33,37H,1-5H3;/q-2;/i6D,7D,8D,9D,10D,11D,16D,17D,18D,19D;. The fourth-order valence-electron chi connectivity index (χ4n) is 7.71. The summed E-state index contributed by atoms with van der Waals surface area (Å²) in [7, 11) is 0. The van der Waals surface area contributed by atoms with Crippen molar-refractivity contribution in [3.63, 3.8) is 0 Å². The number of hydrogen-bond acceptors (Lipinski definition) is 2. The molecule has 302 valence electrons. The van der Waals surface area contributed by atoms with Crippen LogP contribution in [0.15, 0.2) is 170 Å². The van der Waals surface area contributed by atoms with Crippen molar-refractivity contribution in [2.45, 2.75) is 46.0 Å². The second-order valence-corrected chi connectivity index (χ2v) is 16.0. The summed E-state index contributed by atoms with van der Waals surface area (Å²) in [5.41, 5.74) is 5.65. The van der Waals surface area contributed by atoms with Gasteiger partial charge in [-0.3, -0.25) is 4.57 Å². The van der Waals surface area contributed by atoms with E-state index in [1.807, 2.05) is 80.7 Å². The van der Waals surface area contributed by atoms with Crippen LogP contribution in [-0.2, 0) is 26.5 Å². The first kappa shape index (κ1) is 29.6. The average molecular weight is 982 g/mol. The van der Waals surface area contributed by atoms with Crippen LogP contribution in [0.25, 0.3) is 72.3 Å². The zero-order valence-corrected chi connectivity index (χ0v) is 36.3. The Morgan fingerprint density at radius 1 is 0.689 bits per heavy atom. The molecule has 0 bridgehead atoms. The molecule has 0 atom stereocenters. The van der Waals surface area contributed by atoms with E-state index in [1.54, 1.807) is 33.4 Å². The summed E-state index contributed by atoms with van der Waals surface area (Å²) in [6.07, 6.45) is 5.29. The van der Waals surface area contributed by atoms with Gasteiger partial charge in [-0.25, -0.2) is 4.98 Å². The number of nitrogens with zero attached hydrogens (tertiary/aromatic N) is 4. The van der Waals surface area contributed by atoms with Crippen LogP contribution >= 0.6 is 0 Å². The summed E-state index contributed by atoms with van der Waals surface area (Å²) in [4.78, 5) is 4.80. The van der Waals surface area contributed by atoms with E-state index in [2.05, 4.69) is 62.0 Å². The van der Waals surface area contributed by atoms with Crippen molar-refractivity contribution in [3.8, 4) is 50.9 Å². The minimum absolute atomic E-state index is 0. The zero-order valence-electron chi connectivity index (χ0n) is 44.0. The molecule has 6 heteroatoms. The first-order chi connectivity index (χ1) is 33.3. The molecular weight excluding hydrogens is 928 g/mol. The molecule has 0 saturated carbocycles. The number of hydrogen-bond donors (Lipinski definition) is 0. The summed E-state index contributed by atoms with van der Waals surface area (Å²) in [6.45, 7) is 10.6. The third-order valence-corrected chi connectivity index (χ3v) is 10.8. The van der Waals surface area contributed by atoms with Gasteiger partial charge in [0.05, 0.1) is 30.4 Å². The summed E-state index contributed by atoms with van der Waals surface area (Å²) < 4.78 is 99.6. The van der Waals surface area contributed by atoms with E-state index in [-0.39, 0.29) is 60.3 Å². The predicted molar refractivity (Wildman–Crippen MR) is 244 cm³/mol. The van der Waals surface area contributed by atoms with Gasteiger partial charge in [0, 0.05) is 44.3 Å². The molecule has 0 radical (unpaired) electrons. The van der Waals surface area contributed by atoms with E-state index >= 15 is 0 Å². The van der Waals surface area contributed by atoms with Gasteiger partial charge in [0.1, 0.15) is 5.82 Å². The summed E-state index contributed by atoms with van der Waals surface area (Å²) >= 11 is 0. The molecule has 0 N–H and O–H groups in total. The van der Waals surface area contributed by atoms with E-state index in [0.29, 0.717) is 28.2 Å². The van der Waals surface area contributed by atoms with Crippen LogP contribution in [0.2, 0.25) is 0 Å². The molecule has 3 heterocycles. The fraction of sp³-hybridized carbons (Fsp3) is 0.127. The van der Waals surface area contributed by atoms with E-state index in [1.165, 1.54) is 0 Å². The van der Waals surface area contributed by atoms with Gasteiger partial charge < -0.3 is 13.9 Å². The van der Waals surface area contributed by atoms with Crippen molar-refractivity contribution in [1.29, 1.82) is 0 Å². The molecule has 5 nitrogen and oxygen atoms in total. The Morgan fingerprint density at radius 2 is 1.38 bits per heavy atom. The summed E-state index contributed by atoms with van der Waals surface area (Å²) in [5.74, 6) is 1.62. The molecule has 0 aliphatic carbocycles. The van der Waals surface area contributed by atoms with Gasteiger partial charge in [-0.2, -0.15) is 18.2 Å². The maximum Gasteiger partial charge on any atom is 0.268 e. The molecule has 10 rings (SSSR count). The average Bonchev–Trinajstić information content (AvgIpc) is 3.89. The minimum atomic E-state index is -0.570. The number of imidazole rings is 1. The second kappa shape index (κ2) is 16.1. The molecule has 0 aliphatic heterocycles. The molecule has 3 aromatic heterocycles. The molecule has 0 amide bonds. The number of ether oxygens (including phenoxy) is 1. The van der Waals surface area contributed by atoms with Gasteiger partial charge in [0.2, 0.25) is 0 Å². The molecule has 0 spiro atoms. The molecule has 0 unspecified atom stereocenters. The van der Waals surface area contributed by atoms with Crippen LogP contribution in [0.4, 0.5) is 0 Å². The normalized spacial score (nSPS) is 14.0. The smallest absolute Gasteiger partial charge is 0.268 e. The summed E-state index contributed by atoms with van der Waals surface area (Å²) in [6, 6.07) is 34.0. The Labute approximate surface area is 385 Å². The predicted octanol–water partition coefficient (Wildman–Crippen LogP) is 13.3. The molecule has 61 heavy (non-hydrogen) atoms. The topological polar surface area (TPSA) is 35.9 Å². The summed E-state index contributed by atoms with van der Waals surface area (Å²) in [5, 5.41) is 2.03. The molecule has 0 saturated heterocycles. The Hall–Kier alpha value is -6.55. The largest absolute Gasteiger partial charge is 0.510 e. The van der Waals surface area contributed by atoms with Gasteiger partial charge in [0.15, 0.2) is 0 Å². The first-order valence-electron chi connectivity index (χ1n) is 24.8. The fourth-order valence-corrected chi connectivity index (χ4v) is 7.71. The van der Waals surface area contributed by atoms with Crippen molar-refractivity contribution in [1.82, 2.24) is 14.1 Å². The number of fused-ring (bicyclic) bond motifs is 4. The molecule has 0 aliphatic rings. The minimum Gasteiger partial charge on any atom is -0.510 e. The van der Waals surface area contributed by atoms with Crippen LogP contribution in [-0.4, -0.2) is 14.1 Å². The van der Waals surface area contributed by atoms with Crippen LogP contribution in [0, 0.1) is 18.5 Å². The van der Waals surface area contributed by atoms with E-state index < -0.39 is 60.4 Å². The van der Waals surface area contributed by atoms with Gasteiger partial charge in [0.25, 0.3) is 6.33 Å². The maximum absolute atomic E-state index is 9.07. The van der Waals surface area contributed by atoms with Crippen molar-refractivity contribution >= 4 is 32.8 Å². The first-order valence-corrected chi connectivity index (χ1v) is 19.8. The van der Waals surface area contributed by atoms with Crippen molar-refractivity contribution < 1.29 is 44.1 Å². The Balaban J connectivity index is 0.00000624. The number of benzene rings is 7. The van der Waals surface area contributed by atoms with Gasteiger partial charge in [-0.15, -0.1) is 29.7 Å². The van der Waals surface area contributed by atoms with Crippen molar-refractivity contribution in [2.75, 3.05) is 0 Å². The SMILES string of the molecule is [2H]c1c([2H])c([2H])c(-c2cccc(-c3c([2H])c([2H])c([2H])c([2H])c3[2H])c2-[n+]2[c-]n(-c3[c-]c(Oc4[c-]c5c(cc4)c4ccccc4n5-c4cc(C(C)(C)C)ccn4)ccc3)c3ccc(C(C)C)cc32)c([2H])c1[2H].[Pt]. The quantitative estimate of drug-likeness (QED) is 0.112. The van der Waals surface area contributed by atoms with Gasteiger partial charge in [-0.05, 0) is 80.1 Å². The van der Waals surface area contributed by atoms with E-state index in [0.717, 1.165) is 38.8 Å². The Kier molecular flexibility index (Phi) is 7.84. The van der Waals surface area contributed by atoms with Crippen LogP contribution in [0.5, 0.6) is 11.5 Å². The molecule has 10 aromatic rings. The monoisotopic (exact) mass is 981 g/mol. The Bertz CT molecular complexity index is 3660. The molecule has 7 aromatic carbocycles. The Morgan fingerprint density at radius 3 is 2.08 bits per heavy atom. The number of pyridine rings is 1. The number of aromatic nitrogens is 4. The third kappa shape index (κ3) is 7.38. The van der Waals surface area contributed by atoms with Crippen LogP contribution in [0.1, 0.15) is 65.4 Å². The van der Waals surface area contributed by atoms with Crippen LogP contribution < -0.4 is 9.30 Å². The van der Waals surface area contributed by atoms with E-state index in [4.69, 9.17) is 23.4 Å². The van der Waals surface area contributed by atoms with Crippen molar-refractivity contribution in [2.24, 2.45) is 0 Å². The number of para-hydroxylation sites is 2. The van der Waals surface area contributed by atoms with Crippen LogP contribution in [0.3, 0.4) is 0 Å². The maximum atomic E-state index is 9.07.